The van der Waals surface area contributed by atoms with Crippen LogP contribution in [0.1, 0.15) is 29.3 Å². The summed E-state index contributed by atoms with van der Waals surface area (Å²) in [7, 11) is 0. The van der Waals surface area contributed by atoms with Gasteiger partial charge >= 0.3 is 0 Å². The molecule has 1 aromatic carbocycles. The maximum Gasteiger partial charge on any atom is 0.251 e. The topological polar surface area (TPSA) is 29.1 Å². The molecule has 0 heterocycles. The first-order valence-corrected chi connectivity index (χ1v) is 5.20. The average molecular weight is 203 g/mol. The second-order valence-electron chi connectivity index (χ2n) is 3.43. The number of carbonyl (C=O) groups excluding carboxylic acids is 1. The van der Waals surface area contributed by atoms with E-state index in [2.05, 4.69) is 5.32 Å². The van der Waals surface area contributed by atoms with Crippen LogP contribution in [-0.4, -0.2) is 12.5 Å². The van der Waals surface area contributed by atoms with Crippen molar-refractivity contribution >= 4 is 5.91 Å². The predicted molar refractivity (Wildman–Crippen MR) is 62.9 cm³/mol. The van der Waals surface area contributed by atoms with Gasteiger partial charge in [-0.05, 0) is 31.9 Å². The summed E-state index contributed by atoms with van der Waals surface area (Å²) in [5.74, 6) is 0.0117. The van der Waals surface area contributed by atoms with E-state index in [1.54, 1.807) is 0 Å². The molecule has 0 saturated carbocycles. The van der Waals surface area contributed by atoms with Crippen LogP contribution in [0.3, 0.4) is 0 Å². The van der Waals surface area contributed by atoms with Gasteiger partial charge in [0.1, 0.15) is 0 Å². The monoisotopic (exact) mass is 203 g/mol. The summed E-state index contributed by atoms with van der Waals surface area (Å²) in [6.45, 7) is 4.61. The number of carbonyl (C=O) groups is 1. The molecule has 0 aliphatic heterocycles. The molecule has 2 nitrogen and oxygen atoms in total. The molecule has 1 N–H and O–H groups in total. The van der Waals surface area contributed by atoms with Crippen molar-refractivity contribution in [1.29, 1.82) is 0 Å². The Hall–Kier alpha value is -1.57. The van der Waals surface area contributed by atoms with Gasteiger partial charge < -0.3 is 5.32 Å². The number of benzene rings is 1. The van der Waals surface area contributed by atoms with Crippen LogP contribution in [0.5, 0.6) is 0 Å². The zero-order valence-electron chi connectivity index (χ0n) is 9.29. The van der Waals surface area contributed by atoms with Gasteiger partial charge in [0.25, 0.3) is 5.91 Å². The quantitative estimate of drug-likeness (QED) is 0.591. The van der Waals surface area contributed by atoms with Crippen LogP contribution in [0.2, 0.25) is 0 Å². The Kier molecular flexibility index (Phi) is 4.61. The van der Waals surface area contributed by atoms with Crippen LogP contribution in [0.4, 0.5) is 0 Å². The van der Waals surface area contributed by atoms with Crippen LogP contribution in [0, 0.1) is 6.92 Å². The highest BCUT2D eigenvalue weighted by atomic mass is 16.1. The zero-order valence-corrected chi connectivity index (χ0v) is 9.29. The summed E-state index contributed by atoms with van der Waals surface area (Å²) in [6, 6.07) is 7.61. The minimum atomic E-state index is 0.0117. The molecule has 0 spiro atoms. The summed E-state index contributed by atoms with van der Waals surface area (Å²) in [5.41, 5.74) is 1.78. The lowest BCUT2D eigenvalue weighted by Gasteiger charge is -2.05. The van der Waals surface area contributed by atoms with E-state index in [9.17, 15) is 4.79 Å². The van der Waals surface area contributed by atoms with Gasteiger partial charge in [-0.2, -0.15) is 0 Å². The molecule has 0 bridgehead atoms. The summed E-state index contributed by atoms with van der Waals surface area (Å²) in [6.07, 6.45) is 4.91. The summed E-state index contributed by atoms with van der Waals surface area (Å²) >= 11 is 0. The first kappa shape index (κ1) is 11.5. The Morgan fingerprint density at radius 1 is 1.40 bits per heavy atom. The smallest absolute Gasteiger partial charge is 0.251 e. The van der Waals surface area contributed by atoms with Gasteiger partial charge in [-0.3, -0.25) is 4.79 Å². The van der Waals surface area contributed by atoms with Gasteiger partial charge in [0.2, 0.25) is 0 Å². The Bertz CT molecular complexity index is 355. The summed E-state index contributed by atoms with van der Waals surface area (Å²) in [5, 5.41) is 2.88. The van der Waals surface area contributed by atoms with Crippen LogP contribution in [0.15, 0.2) is 36.4 Å². The number of nitrogens with one attached hydrogen (secondary N) is 1. The van der Waals surface area contributed by atoms with Gasteiger partial charge in [0, 0.05) is 12.1 Å². The molecule has 0 atom stereocenters. The molecule has 0 aromatic heterocycles. The third-order valence-corrected chi connectivity index (χ3v) is 2.22. The highest BCUT2D eigenvalue weighted by molar-refractivity contribution is 5.95. The van der Waals surface area contributed by atoms with Crippen LogP contribution in [-0.2, 0) is 0 Å². The molecule has 1 aromatic rings. The van der Waals surface area contributed by atoms with Crippen LogP contribution < -0.4 is 5.32 Å². The van der Waals surface area contributed by atoms with E-state index in [1.807, 2.05) is 50.3 Å². The van der Waals surface area contributed by atoms with Gasteiger partial charge in [-0.15, -0.1) is 0 Å². The molecule has 0 aliphatic rings. The normalized spacial score (nSPS) is 10.5. The maximum atomic E-state index is 11.7. The second kappa shape index (κ2) is 6.02. The van der Waals surface area contributed by atoms with Crippen molar-refractivity contribution in [3.8, 4) is 0 Å². The minimum Gasteiger partial charge on any atom is -0.352 e. The van der Waals surface area contributed by atoms with E-state index >= 15 is 0 Å². The zero-order chi connectivity index (χ0) is 11.1. The molecule has 0 radical (unpaired) electrons. The Morgan fingerprint density at radius 2 is 2.13 bits per heavy atom. The number of amides is 1. The Labute approximate surface area is 91.0 Å². The second-order valence-corrected chi connectivity index (χ2v) is 3.43. The molecule has 0 unspecified atom stereocenters. The van der Waals surface area contributed by atoms with E-state index in [1.165, 1.54) is 0 Å². The molecular formula is C13H17NO. The first-order chi connectivity index (χ1) is 7.25. The van der Waals surface area contributed by atoms with E-state index in [0.29, 0.717) is 6.54 Å². The summed E-state index contributed by atoms with van der Waals surface area (Å²) < 4.78 is 0. The Morgan fingerprint density at radius 3 is 2.80 bits per heavy atom. The van der Waals surface area contributed by atoms with E-state index < -0.39 is 0 Å². The van der Waals surface area contributed by atoms with Crippen LogP contribution >= 0.6 is 0 Å². The number of hydrogen-bond acceptors (Lipinski definition) is 1. The number of allylic oxidation sites excluding steroid dienone is 1. The van der Waals surface area contributed by atoms with E-state index in [-0.39, 0.29) is 5.91 Å². The van der Waals surface area contributed by atoms with Crippen LogP contribution in [0.25, 0.3) is 0 Å². The lowest BCUT2D eigenvalue weighted by molar-refractivity contribution is 0.0954. The molecule has 0 saturated heterocycles. The average Bonchev–Trinajstić information content (AvgIpc) is 2.25. The largest absolute Gasteiger partial charge is 0.352 e. The third kappa shape index (κ3) is 3.58. The number of hydrogen-bond donors (Lipinski definition) is 1. The minimum absolute atomic E-state index is 0.0117. The summed E-state index contributed by atoms with van der Waals surface area (Å²) in [4.78, 5) is 11.7. The molecule has 1 rings (SSSR count). The van der Waals surface area contributed by atoms with Gasteiger partial charge in [0.05, 0.1) is 0 Å². The molecule has 80 valence electrons. The lowest BCUT2D eigenvalue weighted by atomic mass is 10.1. The standard InChI is InChI=1S/C13H17NO/c1-3-4-7-10-14-13(15)12-9-6-5-8-11(12)2/h3-6,8-9H,7,10H2,1-2H3,(H,14,15)/b4-3+. The number of aryl methyl sites for hydroxylation is 1. The van der Waals surface area contributed by atoms with Crippen molar-refractivity contribution in [2.24, 2.45) is 0 Å². The molecule has 0 aliphatic carbocycles. The van der Waals surface area contributed by atoms with Crippen molar-refractivity contribution in [2.75, 3.05) is 6.54 Å². The fourth-order valence-electron chi connectivity index (χ4n) is 1.36. The third-order valence-electron chi connectivity index (χ3n) is 2.22. The molecule has 15 heavy (non-hydrogen) atoms. The fourth-order valence-corrected chi connectivity index (χ4v) is 1.36. The van der Waals surface area contributed by atoms with Gasteiger partial charge in [-0.25, -0.2) is 0 Å². The lowest BCUT2D eigenvalue weighted by Crippen LogP contribution is -2.24. The highest BCUT2D eigenvalue weighted by Crippen LogP contribution is 2.06. The first-order valence-electron chi connectivity index (χ1n) is 5.20. The molecule has 1 amide bonds. The fraction of sp³-hybridized carbons (Fsp3) is 0.308. The van der Waals surface area contributed by atoms with E-state index in [4.69, 9.17) is 0 Å². The van der Waals surface area contributed by atoms with Crippen molar-refractivity contribution < 1.29 is 4.79 Å². The van der Waals surface area contributed by atoms with Crippen molar-refractivity contribution in [1.82, 2.24) is 5.32 Å². The molecule has 0 fully saturated rings. The maximum absolute atomic E-state index is 11.7. The Balaban J connectivity index is 2.51. The number of rotatable bonds is 4. The predicted octanol–water partition coefficient (Wildman–Crippen LogP) is 2.69. The van der Waals surface area contributed by atoms with Crippen molar-refractivity contribution in [2.45, 2.75) is 20.3 Å². The SMILES string of the molecule is C/C=C/CCNC(=O)c1ccccc1C. The highest BCUT2D eigenvalue weighted by Gasteiger charge is 2.05. The van der Waals surface area contributed by atoms with Gasteiger partial charge in [-0.1, -0.05) is 30.4 Å². The van der Waals surface area contributed by atoms with Gasteiger partial charge in [0.15, 0.2) is 0 Å². The molecule has 2 heteroatoms. The van der Waals surface area contributed by atoms with Crippen molar-refractivity contribution in [3.05, 3.63) is 47.5 Å². The van der Waals surface area contributed by atoms with Crippen molar-refractivity contribution in [3.63, 3.8) is 0 Å². The molecular weight excluding hydrogens is 186 g/mol. The van der Waals surface area contributed by atoms with E-state index in [0.717, 1.165) is 17.5 Å².